The molecule has 3 aliphatic rings. The third kappa shape index (κ3) is 9.69. The van der Waals surface area contributed by atoms with Crippen molar-refractivity contribution in [1.82, 2.24) is 15.1 Å². The van der Waals surface area contributed by atoms with E-state index in [4.69, 9.17) is 72.2 Å². The number of aryl methyl sites for hydroxylation is 2. The van der Waals surface area contributed by atoms with Gasteiger partial charge in [0, 0.05) is 36.3 Å². The summed E-state index contributed by atoms with van der Waals surface area (Å²) in [6, 6.07) is 18.4. The first-order valence-electron chi connectivity index (χ1n) is 17.8. The van der Waals surface area contributed by atoms with Gasteiger partial charge in [0.25, 0.3) is 5.91 Å². The van der Waals surface area contributed by atoms with Gasteiger partial charge in [-0.25, -0.2) is 4.79 Å². The van der Waals surface area contributed by atoms with E-state index in [0.717, 1.165) is 40.7 Å². The quantitative estimate of drug-likeness (QED) is 0.144. The van der Waals surface area contributed by atoms with E-state index in [-0.39, 0.29) is 30.4 Å². The van der Waals surface area contributed by atoms with Crippen molar-refractivity contribution in [3.63, 3.8) is 0 Å². The minimum Gasteiger partial charge on any atom is -0.490 e. The van der Waals surface area contributed by atoms with Gasteiger partial charge in [-0.15, -0.1) is 12.4 Å². The van der Waals surface area contributed by atoms with Gasteiger partial charge in [0.1, 0.15) is 24.7 Å². The zero-order valence-corrected chi connectivity index (χ0v) is 35.2. The van der Waals surface area contributed by atoms with Crippen LogP contribution in [-0.2, 0) is 16.0 Å². The van der Waals surface area contributed by atoms with Gasteiger partial charge in [0.15, 0.2) is 5.60 Å². The third-order valence-electron chi connectivity index (χ3n) is 10.2. The smallest absolute Gasteiger partial charge is 0.411 e. The van der Waals surface area contributed by atoms with Crippen LogP contribution in [0.2, 0.25) is 10.0 Å². The first-order valence-corrected chi connectivity index (χ1v) is 19.7. The van der Waals surface area contributed by atoms with Gasteiger partial charge in [0.05, 0.1) is 17.1 Å². The molecule has 2 bridgehead atoms. The summed E-state index contributed by atoms with van der Waals surface area (Å²) in [5.41, 5.74) is 4.07. The average Bonchev–Trinajstić information content (AvgIpc) is 3.94. The highest BCUT2D eigenvalue weighted by molar-refractivity contribution is 6.68. The van der Waals surface area contributed by atoms with Crippen LogP contribution in [0.15, 0.2) is 66.2 Å². The van der Waals surface area contributed by atoms with Gasteiger partial charge in [-0.3, -0.25) is 9.69 Å². The average molecular weight is 861 g/mol. The van der Waals surface area contributed by atoms with E-state index >= 15 is 0 Å². The summed E-state index contributed by atoms with van der Waals surface area (Å²) in [6.07, 6.45) is 2.21. The molecule has 14 heteroatoms. The molecule has 6 rings (SSSR count). The number of ether oxygens (including phenoxy) is 3. The van der Waals surface area contributed by atoms with Crippen molar-refractivity contribution in [2.45, 2.75) is 80.9 Å². The largest absolute Gasteiger partial charge is 0.490 e. The maximum Gasteiger partial charge on any atom is 0.411 e. The second kappa shape index (κ2) is 17.7. The lowest BCUT2D eigenvalue weighted by atomic mass is 9.82. The van der Waals surface area contributed by atoms with Crippen LogP contribution in [0.5, 0.6) is 11.5 Å². The standard InChI is InChI=1S/C40H44Cl5N3O5.ClH/c1-24-19-33(42)35(20-25(24)2)52-18-17-51-30-13-9-26(10-14-30)31-21-29-22-46-23-34(48(29)38(50)53-39(3,4)40(43,44)45)36(31)37(49)47(28-11-12-28)16-15-27-7-5-6-8-32(27)41;/h5-10,13-14,19-20,28-29,34,46H,11-12,15-18,21-23H2,1-4H3;1H. The van der Waals surface area contributed by atoms with Crippen molar-refractivity contribution >= 4 is 88.0 Å². The minimum atomic E-state index is -1.87. The Morgan fingerprint density at radius 2 is 1.57 bits per heavy atom. The summed E-state index contributed by atoms with van der Waals surface area (Å²) in [4.78, 5) is 32.5. The SMILES string of the molecule is Cc1cc(Cl)c(OCCOc2ccc(C3=C(C(=O)N(CCc4ccccc4Cl)C4CC4)C4CNCC(C3)N4C(=O)OC(C)(C)C(Cl)(Cl)Cl)cc2)cc1C.Cl. The molecule has 2 fully saturated rings. The number of rotatable bonds is 12. The van der Waals surface area contributed by atoms with Gasteiger partial charge in [-0.1, -0.05) is 88.3 Å². The molecule has 1 N–H and O–H groups in total. The van der Waals surface area contributed by atoms with E-state index in [1.807, 2.05) is 79.4 Å². The molecule has 1 saturated carbocycles. The third-order valence-corrected chi connectivity index (χ3v) is 12.2. The maximum absolute atomic E-state index is 14.9. The number of benzene rings is 3. The fourth-order valence-electron chi connectivity index (χ4n) is 6.81. The molecule has 2 atom stereocenters. The summed E-state index contributed by atoms with van der Waals surface area (Å²) in [7, 11) is 0. The predicted octanol–water partition coefficient (Wildman–Crippen LogP) is 9.81. The Morgan fingerprint density at radius 3 is 2.24 bits per heavy atom. The number of carbonyl (C=O) groups is 2. The Labute approximate surface area is 348 Å². The number of amides is 2. The van der Waals surface area contributed by atoms with Gasteiger partial charge < -0.3 is 24.4 Å². The Balaban J connectivity index is 0.00000561. The first kappa shape index (κ1) is 42.6. The van der Waals surface area contributed by atoms with Crippen LogP contribution in [0.1, 0.15) is 55.4 Å². The second-order valence-electron chi connectivity index (χ2n) is 14.4. The number of nitrogens with one attached hydrogen (secondary N) is 1. The second-order valence-corrected chi connectivity index (χ2v) is 17.5. The summed E-state index contributed by atoms with van der Waals surface area (Å²) in [5, 5.41) is 4.67. The van der Waals surface area contributed by atoms with E-state index in [9.17, 15) is 9.59 Å². The molecular weight excluding hydrogens is 815 g/mol. The Kier molecular flexibility index (Phi) is 14.0. The zero-order chi connectivity index (χ0) is 38.1. The molecule has 2 amide bonds. The first-order chi connectivity index (χ1) is 25.1. The fraction of sp³-hybridized carbons (Fsp3) is 0.450. The zero-order valence-electron chi connectivity index (χ0n) is 30.6. The molecule has 0 aromatic heterocycles. The minimum absolute atomic E-state index is 0. The van der Waals surface area contributed by atoms with Crippen LogP contribution < -0.4 is 14.8 Å². The molecular formula is C40H45Cl6N3O5. The molecule has 2 unspecified atom stereocenters. The summed E-state index contributed by atoms with van der Waals surface area (Å²) < 4.78 is 15.9. The van der Waals surface area contributed by atoms with Crippen molar-refractivity contribution in [2.75, 3.05) is 32.8 Å². The highest BCUT2D eigenvalue weighted by Crippen LogP contribution is 2.43. The number of carbonyl (C=O) groups excluding carboxylic acids is 2. The number of piperazine rings is 1. The molecule has 1 saturated heterocycles. The molecule has 0 spiro atoms. The Hall–Kier alpha value is -2.56. The predicted molar refractivity (Wildman–Crippen MR) is 220 cm³/mol. The number of fused-ring (bicyclic) bond motifs is 2. The van der Waals surface area contributed by atoms with E-state index in [0.29, 0.717) is 72.8 Å². The highest BCUT2D eigenvalue weighted by Gasteiger charge is 2.50. The molecule has 54 heavy (non-hydrogen) atoms. The van der Waals surface area contributed by atoms with Crippen LogP contribution in [0.25, 0.3) is 5.57 Å². The fourth-order valence-corrected chi connectivity index (χ4v) is 7.43. The molecule has 8 nitrogen and oxygen atoms in total. The van der Waals surface area contributed by atoms with Crippen molar-refractivity contribution in [3.8, 4) is 11.5 Å². The van der Waals surface area contributed by atoms with Crippen molar-refractivity contribution in [2.24, 2.45) is 0 Å². The Bertz CT molecular complexity index is 1860. The number of nitrogens with zero attached hydrogens (tertiary/aromatic N) is 2. The van der Waals surface area contributed by atoms with Crippen molar-refractivity contribution in [1.29, 1.82) is 0 Å². The molecule has 3 aromatic carbocycles. The normalized spacial score (nSPS) is 18.5. The van der Waals surface area contributed by atoms with Crippen LogP contribution in [0.3, 0.4) is 0 Å². The molecule has 2 aliphatic heterocycles. The monoisotopic (exact) mass is 857 g/mol. The van der Waals surface area contributed by atoms with E-state index < -0.39 is 21.5 Å². The number of hydrogen-bond acceptors (Lipinski definition) is 6. The van der Waals surface area contributed by atoms with Gasteiger partial charge in [0.2, 0.25) is 3.79 Å². The van der Waals surface area contributed by atoms with Crippen molar-refractivity contribution in [3.05, 3.63) is 98.5 Å². The molecule has 292 valence electrons. The van der Waals surface area contributed by atoms with Crippen LogP contribution >= 0.6 is 70.4 Å². The highest BCUT2D eigenvalue weighted by atomic mass is 35.6. The number of hydrogen-bond donors (Lipinski definition) is 1. The van der Waals surface area contributed by atoms with Crippen LogP contribution in [0.4, 0.5) is 4.79 Å². The number of halogens is 6. The summed E-state index contributed by atoms with van der Waals surface area (Å²) in [6.45, 7) is 9.12. The topological polar surface area (TPSA) is 80.3 Å². The van der Waals surface area contributed by atoms with Crippen LogP contribution in [-0.4, -0.2) is 82.2 Å². The van der Waals surface area contributed by atoms with E-state index in [2.05, 4.69) is 5.32 Å². The molecule has 0 radical (unpaired) electrons. The maximum atomic E-state index is 14.9. The lowest BCUT2D eigenvalue weighted by molar-refractivity contribution is -0.128. The number of alkyl halides is 3. The van der Waals surface area contributed by atoms with Gasteiger partial charge in [-0.05, 0) is 112 Å². The summed E-state index contributed by atoms with van der Waals surface area (Å²) in [5.74, 6) is 1.17. The lowest BCUT2D eigenvalue weighted by Crippen LogP contribution is -2.64. The molecule has 2 heterocycles. The van der Waals surface area contributed by atoms with E-state index in [1.54, 1.807) is 18.7 Å². The summed E-state index contributed by atoms with van der Waals surface area (Å²) >= 11 is 31.5. The Morgan fingerprint density at radius 1 is 0.907 bits per heavy atom. The van der Waals surface area contributed by atoms with Crippen LogP contribution in [0, 0.1) is 13.8 Å². The molecule has 1 aliphatic carbocycles. The molecule has 3 aromatic rings. The van der Waals surface area contributed by atoms with Crippen molar-refractivity contribution < 1.29 is 23.8 Å². The van der Waals surface area contributed by atoms with Gasteiger partial charge in [-0.2, -0.15) is 0 Å². The van der Waals surface area contributed by atoms with Gasteiger partial charge >= 0.3 is 6.09 Å². The lowest BCUT2D eigenvalue weighted by Gasteiger charge is -2.48. The van der Waals surface area contributed by atoms with E-state index in [1.165, 1.54) is 0 Å².